The molecule has 0 aliphatic carbocycles. The molecule has 2 aromatic heterocycles. The van der Waals surface area contributed by atoms with E-state index in [9.17, 15) is 4.79 Å². The molecular formula is C18H18N4O2. The molecule has 0 bridgehead atoms. The molecule has 0 spiro atoms. The molecule has 1 saturated heterocycles. The van der Waals surface area contributed by atoms with E-state index in [-0.39, 0.29) is 5.91 Å². The average Bonchev–Trinajstić information content (AvgIpc) is 3.12. The number of fused-ring (bicyclic) bond motifs is 1. The number of H-pyrrole nitrogens is 1. The Kier molecular flexibility index (Phi) is 3.96. The lowest BCUT2D eigenvalue weighted by atomic mass is 10.0. The number of imidazole rings is 1. The second kappa shape index (κ2) is 6.41. The van der Waals surface area contributed by atoms with Gasteiger partial charge < -0.3 is 14.6 Å². The van der Waals surface area contributed by atoms with Crippen LogP contribution in [0.2, 0.25) is 0 Å². The number of hydrogen-bond acceptors (Lipinski definition) is 4. The predicted octanol–water partition coefficient (Wildman–Crippen LogP) is 2.02. The van der Waals surface area contributed by atoms with Crippen LogP contribution in [0.15, 0.2) is 42.9 Å². The van der Waals surface area contributed by atoms with Crippen LogP contribution >= 0.6 is 0 Å². The van der Waals surface area contributed by atoms with Crippen LogP contribution in [-0.4, -0.2) is 52.1 Å². The van der Waals surface area contributed by atoms with E-state index in [0.717, 1.165) is 34.3 Å². The normalized spacial score (nSPS) is 14.9. The van der Waals surface area contributed by atoms with Gasteiger partial charge in [-0.15, -0.1) is 0 Å². The second-order valence-electron chi connectivity index (χ2n) is 5.85. The number of pyridine rings is 1. The highest BCUT2D eigenvalue weighted by atomic mass is 16.5. The molecule has 122 valence electrons. The smallest absolute Gasteiger partial charge is 0.254 e. The fourth-order valence-corrected chi connectivity index (χ4v) is 2.98. The van der Waals surface area contributed by atoms with E-state index in [1.165, 1.54) is 0 Å². The first kappa shape index (κ1) is 14.8. The average molecular weight is 322 g/mol. The fraction of sp³-hybridized carbons (Fsp3) is 0.278. The number of benzene rings is 1. The third kappa shape index (κ3) is 2.88. The van der Waals surface area contributed by atoms with E-state index in [1.54, 1.807) is 12.5 Å². The summed E-state index contributed by atoms with van der Waals surface area (Å²) >= 11 is 0. The van der Waals surface area contributed by atoms with Crippen molar-refractivity contribution in [2.24, 2.45) is 0 Å². The van der Waals surface area contributed by atoms with Gasteiger partial charge in [0.2, 0.25) is 0 Å². The Hall–Kier alpha value is -2.73. The van der Waals surface area contributed by atoms with Gasteiger partial charge in [0.15, 0.2) is 5.65 Å². The molecule has 1 fully saturated rings. The first-order valence-electron chi connectivity index (χ1n) is 8.04. The molecule has 1 aliphatic heterocycles. The SMILES string of the molecule is O=C(c1ccc(Cc2ccnc3nc[nH]c23)cc1)N1CCOCC1. The van der Waals surface area contributed by atoms with Crippen LogP contribution in [0.3, 0.4) is 0 Å². The Morgan fingerprint density at radius 1 is 1.12 bits per heavy atom. The molecule has 0 unspecified atom stereocenters. The molecule has 1 N–H and O–H groups in total. The number of carbonyl (C=O) groups excluding carboxylic acids is 1. The van der Waals surface area contributed by atoms with Gasteiger partial charge in [-0.2, -0.15) is 0 Å². The first-order valence-corrected chi connectivity index (χ1v) is 8.04. The zero-order valence-electron chi connectivity index (χ0n) is 13.2. The lowest BCUT2D eigenvalue weighted by Crippen LogP contribution is -2.40. The van der Waals surface area contributed by atoms with Gasteiger partial charge in [0.05, 0.1) is 25.1 Å². The van der Waals surface area contributed by atoms with Gasteiger partial charge in [-0.05, 0) is 35.7 Å². The minimum absolute atomic E-state index is 0.0738. The monoisotopic (exact) mass is 322 g/mol. The minimum Gasteiger partial charge on any atom is -0.378 e. The minimum atomic E-state index is 0.0738. The fourth-order valence-electron chi connectivity index (χ4n) is 2.98. The molecule has 1 aliphatic rings. The molecule has 4 rings (SSSR count). The number of aromatic nitrogens is 3. The molecule has 3 heterocycles. The maximum absolute atomic E-state index is 12.5. The van der Waals surface area contributed by atoms with Crippen LogP contribution in [0.5, 0.6) is 0 Å². The van der Waals surface area contributed by atoms with Crippen LogP contribution < -0.4 is 0 Å². The topological polar surface area (TPSA) is 71.1 Å². The Morgan fingerprint density at radius 2 is 1.92 bits per heavy atom. The van der Waals surface area contributed by atoms with Crippen LogP contribution in [-0.2, 0) is 11.2 Å². The summed E-state index contributed by atoms with van der Waals surface area (Å²) in [6, 6.07) is 9.82. The van der Waals surface area contributed by atoms with Crippen LogP contribution in [0.4, 0.5) is 0 Å². The van der Waals surface area contributed by atoms with Crippen molar-refractivity contribution < 1.29 is 9.53 Å². The van der Waals surface area contributed by atoms with Gasteiger partial charge in [0, 0.05) is 24.8 Å². The van der Waals surface area contributed by atoms with Gasteiger partial charge >= 0.3 is 0 Å². The van der Waals surface area contributed by atoms with Crippen LogP contribution in [0, 0.1) is 0 Å². The van der Waals surface area contributed by atoms with E-state index in [2.05, 4.69) is 15.0 Å². The summed E-state index contributed by atoms with van der Waals surface area (Å²) in [6.07, 6.45) is 4.20. The summed E-state index contributed by atoms with van der Waals surface area (Å²) in [7, 11) is 0. The third-order valence-corrected chi connectivity index (χ3v) is 4.31. The third-order valence-electron chi connectivity index (χ3n) is 4.31. The van der Waals surface area contributed by atoms with Gasteiger partial charge in [0.25, 0.3) is 5.91 Å². The lowest BCUT2D eigenvalue weighted by molar-refractivity contribution is 0.0303. The maximum atomic E-state index is 12.5. The lowest BCUT2D eigenvalue weighted by Gasteiger charge is -2.26. The molecule has 1 aromatic carbocycles. The standard InChI is InChI=1S/C18H18N4O2/c23-18(22-7-9-24-10-8-22)14-3-1-13(2-4-14)11-15-5-6-19-17-16(15)20-12-21-17/h1-6,12H,7-11H2,(H,19,20,21). The summed E-state index contributed by atoms with van der Waals surface area (Å²) in [4.78, 5) is 25.8. The van der Waals surface area contributed by atoms with Crippen molar-refractivity contribution in [3.8, 4) is 0 Å². The number of carbonyl (C=O) groups is 1. The number of amides is 1. The Labute approximate surface area is 139 Å². The molecule has 0 atom stereocenters. The number of rotatable bonds is 3. The molecule has 6 nitrogen and oxygen atoms in total. The number of nitrogens with one attached hydrogen (secondary N) is 1. The summed E-state index contributed by atoms with van der Waals surface area (Å²) < 4.78 is 5.29. The van der Waals surface area contributed by atoms with Crippen molar-refractivity contribution in [1.82, 2.24) is 19.9 Å². The predicted molar refractivity (Wildman–Crippen MR) is 89.9 cm³/mol. The number of morpholine rings is 1. The molecule has 3 aromatic rings. The second-order valence-corrected chi connectivity index (χ2v) is 5.85. The van der Waals surface area contributed by atoms with E-state index in [0.29, 0.717) is 26.3 Å². The highest BCUT2D eigenvalue weighted by Crippen LogP contribution is 2.17. The van der Waals surface area contributed by atoms with Crippen molar-refractivity contribution in [1.29, 1.82) is 0 Å². The molecule has 6 heteroatoms. The molecule has 0 radical (unpaired) electrons. The molecule has 1 amide bonds. The highest BCUT2D eigenvalue weighted by molar-refractivity contribution is 5.94. The Bertz CT molecular complexity index is 851. The molecule has 0 saturated carbocycles. The number of ether oxygens (including phenoxy) is 1. The van der Waals surface area contributed by atoms with Crippen molar-refractivity contribution in [2.75, 3.05) is 26.3 Å². The summed E-state index contributed by atoms with van der Waals surface area (Å²) in [5, 5.41) is 0. The van der Waals surface area contributed by atoms with Gasteiger partial charge in [-0.1, -0.05) is 12.1 Å². The summed E-state index contributed by atoms with van der Waals surface area (Å²) in [5.41, 5.74) is 4.71. The van der Waals surface area contributed by atoms with Crippen molar-refractivity contribution in [3.05, 3.63) is 59.5 Å². The van der Waals surface area contributed by atoms with Crippen molar-refractivity contribution >= 4 is 17.1 Å². The zero-order valence-corrected chi connectivity index (χ0v) is 13.2. The van der Waals surface area contributed by atoms with E-state index < -0.39 is 0 Å². The van der Waals surface area contributed by atoms with Crippen molar-refractivity contribution in [3.63, 3.8) is 0 Å². The van der Waals surface area contributed by atoms with Crippen molar-refractivity contribution in [2.45, 2.75) is 6.42 Å². The van der Waals surface area contributed by atoms with E-state index >= 15 is 0 Å². The van der Waals surface area contributed by atoms with E-state index in [1.807, 2.05) is 35.2 Å². The number of aromatic amines is 1. The largest absolute Gasteiger partial charge is 0.378 e. The van der Waals surface area contributed by atoms with Gasteiger partial charge in [-0.25, -0.2) is 9.97 Å². The number of hydrogen-bond donors (Lipinski definition) is 1. The number of nitrogens with zero attached hydrogens (tertiary/aromatic N) is 3. The van der Waals surface area contributed by atoms with Gasteiger partial charge in [-0.3, -0.25) is 4.79 Å². The van der Waals surface area contributed by atoms with Gasteiger partial charge in [0.1, 0.15) is 0 Å². The highest BCUT2D eigenvalue weighted by Gasteiger charge is 2.18. The quantitative estimate of drug-likeness (QED) is 0.801. The van der Waals surface area contributed by atoms with E-state index in [4.69, 9.17) is 4.74 Å². The Morgan fingerprint density at radius 3 is 2.71 bits per heavy atom. The summed E-state index contributed by atoms with van der Waals surface area (Å²) in [6.45, 7) is 2.56. The molecular weight excluding hydrogens is 304 g/mol. The van der Waals surface area contributed by atoms with Crippen LogP contribution in [0.1, 0.15) is 21.5 Å². The zero-order chi connectivity index (χ0) is 16.4. The summed E-state index contributed by atoms with van der Waals surface area (Å²) in [5.74, 6) is 0.0738. The van der Waals surface area contributed by atoms with Crippen LogP contribution in [0.25, 0.3) is 11.2 Å². The maximum Gasteiger partial charge on any atom is 0.254 e. The first-order chi connectivity index (χ1) is 11.8. The molecule has 24 heavy (non-hydrogen) atoms. The Balaban J connectivity index is 1.51.